The van der Waals surface area contributed by atoms with Gasteiger partial charge in [0, 0.05) is 17.2 Å². The van der Waals surface area contributed by atoms with Gasteiger partial charge in [-0.3, -0.25) is 0 Å². The lowest BCUT2D eigenvalue weighted by Gasteiger charge is -2.27. The Labute approximate surface area is 134 Å². The standard InChI is InChI=1S/C20H26N2/c1-16-8-12-20(13-9-16)21-15-22(17(2)19-10-11-19)14-18-6-4-3-5-7-18/h3-9,12-13,17,19,21H,10-11,14-15H2,1-2H3/p+1/t17-/m0/s1. The van der Waals surface area contributed by atoms with E-state index in [4.69, 9.17) is 0 Å². The number of anilines is 1. The third kappa shape index (κ3) is 4.11. The molecule has 2 N–H and O–H groups in total. The van der Waals surface area contributed by atoms with Gasteiger partial charge in [0.1, 0.15) is 6.54 Å². The van der Waals surface area contributed by atoms with E-state index in [2.05, 4.69) is 73.8 Å². The normalized spacial score (nSPS) is 17.0. The van der Waals surface area contributed by atoms with Crippen LogP contribution in [-0.2, 0) is 6.54 Å². The lowest BCUT2D eigenvalue weighted by Crippen LogP contribution is -3.15. The van der Waals surface area contributed by atoms with E-state index in [1.165, 1.54) is 29.7 Å². The largest absolute Gasteiger partial charge is 0.339 e. The molecule has 2 heteroatoms. The van der Waals surface area contributed by atoms with Crippen molar-refractivity contribution in [3.63, 3.8) is 0 Å². The molecule has 1 saturated carbocycles. The molecule has 3 rings (SSSR count). The number of quaternary nitrogens is 1. The zero-order chi connectivity index (χ0) is 15.4. The van der Waals surface area contributed by atoms with Crippen LogP contribution < -0.4 is 10.2 Å². The number of hydrogen-bond donors (Lipinski definition) is 2. The third-order valence-corrected chi connectivity index (χ3v) is 4.82. The van der Waals surface area contributed by atoms with Crippen LogP contribution in [0.4, 0.5) is 5.69 Å². The van der Waals surface area contributed by atoms with Crippen molar-refractivity contribution in [2.24, 2.45) is 5.92 Å². The summed E-state index contributed by atoms with van der Waals surface area (Å²) in [7, 11) is 0. The van der Waals surface area contributed by atoms with E-state index >= 15 is 0 Å². The van der Waals surface area contributed by atoms with Crippen LogP contribution in [0, 0.1) is 12.8 Å². The molecule has 1 aliphatic rings. The molecular weight excluding hydrogens is 268 g/mol. The van der Waals surface area contributed by atoms with Gasteiger partial charge in [-0.05, 0) is 38.8 Å². The minimum absolute atomic E-state index is 0.721. The summed E-state index contributed by atoms with van der Waals surface area (Å²) >= 11 is 0. The van der Waals surface area contributed by atoms with Gasteiger partial charge in [-0.1, -0.05) is 48.0 Å². The van der Waals surface area contributed by atoms with E-state index in [-0.39, 0.29) is 0 Å². The zero-order valence-electron chi connectivity index (χ0n) is 13.7. The summed E-state index contributed by atoms with van der Waals surface area (Å²) in [4.78, 5) is 1.63. The van der Waals surface area contributed by atoms with Crippen LogP contribution in [0.2, 0.25) is 0 Å². The monoisotopic (exact) mass is 295 g/mol. The predicted molar refractivity (Wildman–Crippen MR) is 93.0 cm³/mol. The second kappa shape index (κ2) is 6.97. The van der Waals surface area contributed by atoms with Crippen LogP contribution in [0.3, 0.4) is 0 Å². The Morgan fingerprint density at radius 3 is 2.36 bits per heavy atom. The van der Waals surface area contributed by atoms with Crippen molar-refractivity contribution >= 4 is 5.69 Å². The van der Waals surface area contributed by atoms with E-state index in [9.17, 15) is 0 Å². The van der Waals surface area contributed by atoms with Crippen molar-refractivity contribution in [1.82, 2.24) is 0 Å². The van der Waals surface area contributed by atoms with Gasteiger partial charge in [0.25, 0.3) is 0 Å². The highest BCUT2D eigenvalue weighted by molar-refractivity contribution is 5.43. The highest BCUT2D eigenvalue weighted by Crippen LogP contribution is 2.31. The number of nitrogens with one attached hydrogen (secondary N) is 2. The van der Waals surface area contributed by atoms with Crippen molar-refractivity contribution in [3.05, 3.63) is 65.7 Å². The Kier molecular flexibility index (Phi) is 4.79. The Morgan fingerprint density at radius 1 is 1.05 bits per heavy atom. The highest BCUT2D eigenvalue weighted by Gasteiger charge is 2.34. The number of rotatable bonds is 7. The van der Waals surface area contributed by atoms with E-state index in [1.807, 2.05) is 0 Å². The molecule has 1 fully saturated rings. The van der Waals surface area contributed by atoms with Gasteiger partial charge in [-0.15, -0.1) is 0 Å². The molecule has 1 unspecified atom stereocenters. The summed E-state index contributed by atoms with van der Waals surface area (Å²) < 4.78 is 0. The molecular formula is C20H27N2+. The molecule has 116 valence electrons. The molecule has 1 aliphatic carbocycles. The van der Waals surface area contributed by atoms with Gasteiger partial charge in [0.05, 0.1) is 6.04 Å². The molecule has 0 saturated heterocycles. The first-order valence-corrected chi connectivity index (χ1v) is 8.41. The number of hydrogen-bond acceptors (Lipinski definition) is 1. The minimum atomic E-state index is 0.721. The van der Waals surface area contributed by atoms with Crippen LogP contribution in [0.25, 0.3) is 0 Å². The van der Waals surface area contributed by atoms with Gasteiger partial charge in [-0.2, -0.15) is 0 Å². The first-order chi connectivity index (χ1) is 10.7. The van der Waals surface area contributed by atoms with Crippen molar-refractivity contribution in [2.75, 3.05) is 12.0 Å². The van der Waals surface area contributed by atoms with Crippen molar-refractivity contribution < 1.29 is 4.90 Å². The van der Waals surface area contributed by atoms with Crippen LogP contribution in [-0.4, -0.2) is 12.7 Å². The van der Waals surface area contributed by atoms with Crippen molar-refractivity contribution in [2.45, 2.75) is 39.3 Å². The molecule has 0 amide bonds. The van der Waals surface area contributed by atoms with Crippen LogP contribution in [0.5, 0.6) is 0 Å². The molecule has 0 aliphatic heterocycles. The smallest absolute Gasteiger partial charge is 0.150 e. The lowest BCUT2D eigenvalue weighted by molar-refractivity contribution is -0.936. The van der Waals surface area contributed by atoms with E-state index in [0.29, 0.717) is 0 Å². The summed E-state index contributed by atoms with van der Waals surface area (Å²) in [6, 6.07) is 20.3. The minimum Gasteiger partial charge on any atom is -0.339 e. The Bertz CT molecular complexity index is 572. The maximum Gasteiger partial charge on any atom is 0.150 e. The summed E-state index contributed by atoms with van der Waals surface area (Å²) in [5.74, 6) is 0.915. The Balaban J connectivity index is 1.64. The highest BCUT2D eigenvalue weighted by atomic mass is 15.2. The van der Waals surface area contributed by atoms with E-state index < -0.39 is 0 Å². The van der Waals surface area contributed by atoms with Crippen LogP contribution in [0.15, 0.2) is 54.6 Å². The van der Waals surface area contributed by atoms with Crippen molar-refractivity contribution in [3.8, 4) is 0 Å². The second-order valence-corrected chi connectivity index (χ2v) is 6.67. The first kappa shape index (κ1) is 15.1. The second-order valence-electron chi connectivity index (χ2n) is 6.67. The topological polar surface area (TPSA) is 16.5 Å². The molecule has 22 heavy (non-hydrogen) atoms. The lowest BCUT2D eigenvalue weighted by atomic mass is 10.1. The van der Waals surface area contributed by atoms with E-state index in [0.717, 1.165) is 25.2 Å². The van der Waals surface area contributed by atoms with Gasteiger partial charge in [0.15, 0.2) is 6.67 Å². The fourth-order valence-electron chi connectivity index (χ4n) is 3.06. The van der Waals surface area contributed by atoms with Gasteiger partial charge in [-0.25, -0.2) is 0 Å². The molecule has 0 bridgehead atoms. The summed E-state index contributed by atoms with van der Waals surface area (Å²) in [6.07, 6.45) is 2.81. The Morgan fingerprint density at radius 2 is 1.73 bits per heavy atom. The zero-order valence-corrected chi connectivity index (χ0v) is 13.7. The predicted octanol–water partition coefficient (Wildman–Crippen LogP) is 3.25. The maximum absolute atomic E-state index is 3.62. The molecule has 0 aromatic heterocycles. The van der Waals surface area contributed by atoms with Crippen molar-refractivity contribution in [1.29, 1.82) is 0 Å². The molecule has 0 spiro atoms. The third-order valence-electron chi connectivity index (χ3n) is 4.82. The van der Waals surface area contributed by atoms with Gasteiger partial charge >= 0.3 is 0 Å². The first-order valence-electron chi connectivity index (χ1n) is 8.41. The fraction of sp³-hybridized carbons (Fsp3) is 0.400. The fourth-order valence-corrected chi connectivity index (χ4v) is 3.06. The number of aryl methyl sites for hydroxylation is 1. The van der Waals surface area contributed by atoms with Gasteiger partial charge in [0.2, 0.25) is 0 Å². The quantitative estimate of drug-likeness (QED) is 0.750. The Hall–Kier alpha value is -1.80. The van der Waals surface area contributed by atoms with Crippen LogP contribution >= 0.6 is 0 Å². The molecule has 2 atom stereocenters. The van der Waals surface area contributed by atoms with Crippen LogP contribution in [0.1, 0.15) is 30.9 Å². The molecule has 0 heterocycles. The van der Waals surface area contributed by atoms with E-state index in [1.54, 1.807) is 4.90 Å². The average molecular weight is 295 g/mol. The molecule has 2 nitrogen and oxygen atoms in total. The summed E-state index contributed by atoms with van der Waals surface area (Å²) in [5, 5.41) is 3.62. The summed E-state index contributed by atoms with van der Waals surface area (Å²) in [6.45, 7) is 6.62. The number of benzene rings is 2. The summed E-state index contributed by atoms with van der Waals surface area (Å²) in [5.41, 5.74) is 3.96. The molecule has 0 radical (unpaired) electrons. The van der Waals surface area contributed by atoms with Gasteiger partial charge < -0.3 is 10.2 Å². The molecule has 2 aromatic rings. The average Bonchev–Trinajstić information content (AvgIpc) is 3.38. The maximum atomic E-state index is 3.62. The molecule has 2 aromatic carbocycles. The SMILES string of the molecule is Cc1ccc(NC[NH+](Cc2ccccc2)[C@@H](C)C2CC2)cc1.